The fourth-order valence-corrected chi connectivity index (χ4v) is 3.87. The van der Waals surface area contributed by atoms with E-state index in [1.54, 1.807) is 23.1 Å². The third kappa shape index (κ3) is 4.58. The Morgan fingerprint density at radius 3 is 2.17 bits per heavy atom. The summed E-state index contributed by atoms with van der Waals surface area (Å²) in [6.07, 6.45) is 0. The second-order valence-corrected chi connectivity index (χ2v) is 8.17. The molecular formula is C18H13ClF4IN3OS. The molecule has 1 aliphatic heterocycles. The maximum absolute atomic E-state index is 14.1. The molecule has 11 heteroatoms. The third-order valence-corrected chi connectivity index (χ3v) is 5.74. The molecule has 4 nitrogen and oxygen atoms in total. The van der Waals surface area contributed by atoms with Crippen LogP contribution in [0.5, 0.6) is 0 Å². The molecule has 29 heavy (non-hydrogen) atoms. The number of halogens is 6. The molecule has 0 bridgehead atoms. The first-order chi connectivity index (χ1) is 13.7. The van der Waals surface area contributed by atoms with Crippen molar-refractivity contribution in [2.24, 2.45) is 0 Å². The largest absolute Gasteiger partial charge is 0.363 e. The number of nitrogens with one attached hydrogen (secondary N) is 1. The van der Waals surface area contributed by atoms with Gasteiger partial charge in [-0.05, 0) is 53.0 Å². The van der Waals surface area contributed by atoms with Crippen molar-refractivity contribution in [3.05, 3.63) is 61.7 Å². The predicted octanol–water partition coefficient (Wildman–Crippen LogP) is 4.34. The average Bonchev–Trinajstić information content (AvgIpc) is 2.71. The van der Waals surface area contributed by atoms with E-state index in [9.17, 15) is 22.4 Å². The highest BCUT2D eigenvalue weighted by Gasteiger charge is 2.30. The van der Waals surface area contributed by atoms with Crippen LogP contribution in [0.4, 0.5) is 23.2 Å². The molecule has 0 unspecified atom stereocenters. The number of anilines is 1. The fourth-order valence-electron chi connectivity index (χ4n) is 2.88. The molecule has 0 radical (unpaired) electrons. The van der Waals surface area contributed by atoms with Crippen molar-refractivity contribution >= 4 is 63.1 Å². The molecule has 0 saturated carbocycles. The van der Waals surface area contributed by atoms with Gasteiger partial charge in [0.05, 0.1) is 0 Å². The highest BCUT2D eigenvalue weighted by molar-refractivity contribution is 14.1. The molecule has 2 aromatic rings. The maximum Gasteiger partial charge on any atom is 0.257 e. The van der Waals surface area contributed by atoms with E-state index in [1.165, 1.54) is 4.90 Å². The van der Waals surface area contributed by atoms with Crippen LogP contribution in [0, 0.1) is 26.8 Å². The van der Waals surface area contributed by atoms with Gasteiger partial charge >= 0.3 is 0 Å². The summed E-state index contributed by atoms with van der Waals surface area (Å²) in [6, 6.07) is 6.93. The molecule has 3 rings (SSSR count). The number of hydrogen-bond acceptors (Lipinski definition) is 3. The van der Waals surface area contributed by atoms with Gasteiger partial charge < -0.3 is 9.80 Å². The molecule has 1 saturated heterocycles. The first-order valence-corrected chi connectivity index (χ1v) is 10.2. The Hall–Kier alpha value is -1.66. The smallest absolute Gasteiger partial charge is 0.257 e. The van der Waals surface area contributed by atoms with E-state index in [1.807, 2.05) is 6.07 Å². The Morgan fingerprint density at radius 2 is 1.62 bits per heavy atom. The Balaban J connectivity index is 1.67. The summed E-state index contributed by atoms with van der Waals surface area (Å²) in [5, 5.41) is 1.54. The van der Waals surface area contributed by atoms with Crippen molar-refractivity contribution in [1.29, 1.82) is 0 Å². The van der Waals surface area contributed by atoms with Gasteiger partial charge in [-0.1, -0.05) is 17.7 Å². The molecule has 0 spiro atoms. The van der Waals surface area contributed by atoms with E-state index in [2.05, 4.69) is 27.9 Å². The van der Waals surface area contributed by atoms with Gasteiger partial charge in [0.25, 0.3) is 5.91 Å². The van der Waals surface area contributed by atoms with Gasteiger partial charge in [-0.3, -0.25) is 10.1 Å². The SMILES string of the molecule is O=C(NC(=S)N1CCN(c2c(F)c(F)c(Cl)c(F)c2F)CC1)c1cccc(I)c1. The van der Waals surface area contributed by atoms with Crippen LogP contribution in [-0.2, 0) is 0 Å². The number of benzene rings is 2. The highest BCUT2D eigenvalue weighted by Crippen LogP contribution is 2.33. The lowest BCUT2D eigenvalue weighted by Gasteiger charge is -2.37. The minimum atomic E-state index is -1.64. The molecule has 1 aliphatic rings. The van der Waals surface area contributed by atoms with E-state index in [0.29, 0.717) is 5.56 Å². The second-order valence-electron chi connectivity index (χ2n) is 6.16. The Labute approximate surface area is 187 Å². The minimum absolute atomic E-state index is 0.0353. The number of thiocarbonyl (C=S) groups is 1. The average molecular weight is 558 g/mol. The van der Waals surface area contributed by atoms with Crippen LogP contribution in [0.2, 0.25) is 5.02 Å². The van der Waals surface area contributed by atoms with Gasteiger partial charge in [0, 0.05) is 35.3 Å². The van der Waals surface area contributed by atoms with E-state index in [4.69, 9.17) is 23.8 Å². The number of piperazine rings is 1. The predicted molar refractivity (Wildman–Crippen MR) is 114 cm³/mol. The topological polar surface area (TPSA) is 35.6 Å². The molecule has 2 aromatic carbocycles. The lowest BCUT2D eigenvalue weighted by atomic mass is 10.2. The van der Waals surface area contributed by atoms with Gasteiger partial charge in [-0.15, -0.1) is 0 Å². The zero-order valence-corrected chi connectivity index (χ0v) is 18.3. The van der Waals surface area contributed by atoms with Crippen molar-refractivity contribution < 1.29 is 22.4 Å². The molecule has 154 valence electrons. The number of nitrogens with zero attached hydrogens (tertiary/aromatic N) is 2. The minimum Gasteiger partial charge on any atom is -0.363 e. The van der Waals surface area contributed by atoms with E-state index >= 15 is 0 Å². The normalized spacial score (nSPS) is 14.1. The van der Waals surface area contributed by atoms with Crippen LogP contribution >= 0.6 is 46.4 Å². The van der Waals surface area contributed by atoms with Crippen LogP contribution < -0.4 is 10.2 Å². The van der Waals surface area contributed by atoms with Gasteiger partial charge in [0.15, 0.2) is 28.4 Å². The second kappa shape index (κ2) is 9.00. The van der Waals surface area contributed by atoms with Gasteiger partial charge in [0.2, 0.25) is 0 Å². The summed E-state index contributed by atoms with van der Waals surface area (Å²) in [7, 11) is 0. The summed E-state index contributed by atoms with van der Waals surface area (Å²) < 4.78 is 56.6. The van der Waals surface area contributed by atoms with Gasteiger partial charge in [0.1, 0.15) is 10.7 Å². The molecule has 0 atom stereocenters. The fraction of sp³-hybridized carbons (Fsp3) is 0.222. The Bertz CT molecular complexity index is 957. The van der Waals surface area contributed by atoms with Crippen molar-refractivity contribution in [2.75, 3.05) is 31.1 Å². The van der Waals surface area contributed by atoms with Crippen LogP contribution in [-0.4, -0.2) is 42.1 Å². The van der Waals surface area contributed by atoms with E-state index in [-0.39, 0.29) is 37.2 Å². The zero-order chi connectivity index (χ0) is 21.3. The van der Waals surface area contributed by atoms with Crippen molar-refractivity contribution in [1.82, 2.24) is 10.2 Å². The summed E-state index contributed by atoms with van der Waals surface area (Å²) in [5.74, 6) is -6.74. The van der Waals surface area contributed by atoms with Crippen LogP contribution in [0.3, 0.4) is 0 Å². The third-order valence-electron chi connectivity index (χ3n) is 4.38. The zero-order valence-electron chi connectivity index (χ0n) is 14.6. The molecule has 1 amide bonds. The molecule has 1 fully saturated rings. The quantitative estimate of drug-likeness (QED) is 0.196. The summed E-state index contributed by atoms with van der Waals surface area (Å²) in [5.41, 5.74) is -0.369. The first-order valence-electron chi connectivity index (χ1n) is 8.33. The lowest BCUT2D eigenvalue weighted by molar-refractivity contribution is 0.0973. The van der Waals surface area contributed by atoms with Crippen LogP contribution in [0.1, 0.15) is 10.4 Å². The number of rotatable bonds is 2. The highest BCUT2D eigenvalue weighted by atomic mass is 127. The van der Waals surface area contributed by atoms with Gasteiger partial charge in [-0.25, -0.2) is 17.6 Å². The number of amides is 1. The van der Waals surface area contributed by atoms with Gasteiger partial charge in [-0.2, -0.15) is 0 Å². The van der Waals surface area contributed by atoms with E-state index in [0.717, 1.165) is 3.57 Å². The van der Waals surface area contributed by atoms with E-state index < -0.39 is 34.0 Å². The first kappa shape index (κ1) is 22.0. The molecule has 1 N–H and O–H groups in total. The Kier molecular flexibility index (Phi) is 6.84. The molecule has 0 aromatic heterocycles. The monoisotopic (exact) mass is 557 g/mol. The maximum atomic E-state index is 14.1. The van der Waals surface area contributed by atoms with Crippen molar-refractivity contribution in [2.45, 2.75) is 0 Å². The van der Waals surface area contributed by atoms with Crippen molar-refractivity contribution in [3.63, 3.8) is 0 Å². The summed E-state index contributed by atoms with van der Waals surface area (Å²) in [6.45, 7) is 0.452. The standard InChI is InChI=1S/C18H13ClF4IN3OS/c19-11-12(20)14(22)16(15(23)13(11)21)26-4-6-27(7-5-26)18(29)25-17(28)9-2-1-3-10(24)8-9/h1-3,8H,4-7H2,(H,25,28,29). The Morgan fingerprint density at radius 1 is 1.03 bits per heavy atom. The van der Waals surface area contributed by atoms with Crippen LogP contribution in [0.25, 0.3) is 0 Å². The summed E-state index contributed by atoms with van der Waals surface area (Å²) in [4.78, 5) is 15.1. The number of carbonyl (C=O) groups is 1. The number of hydrogen-bond donors (Lipinski definition) is 1. The molecule has 0 aliphatic carbocycles. The van der Waals surface area contributed by atoms with Crippen molar-refractivity contribution in [3.8, 4) is 0 Å². The summed E-state index contributed by atoms with van der Waals surface area (Å²) >= 11 is 12.6. The lowest BCUT2D eigenvalue weighted by Crippen LogP contribution is -2.53. The number of carbonyl (C=O) groups excluding carboxylic acids is 1. The molecule has 1 heterocycles. The van der Waals surface area contributed by atoms with Crippen LogP contribution in [0.15, 0.2) is 24.3 Å². The molecular weight excluding hydrogens is 545 g/mol.